The van der Waals surface area contributed by atoms with Gasteiger partial charge in [0.05, 0.1) is 184 Å². The highest BCUT2D eigenvalue weighted by molar-refractivity contribution is 5.76. The van der Waals surface area contributed by atoms with Gasteiger partial charge in [0.2, 0.25) is 17.7 Å². The Bertz CT molecular complexity index is 877. The molecule has 0 radical (unpaired) electrons. The predicted octanol–water partition coefficient (Wildman–Crippen LogP) is -1.66. The van der Waals surface area contributed by atoms with Crippen molar-refractivity contribution in [2.75, 3.05) is 219 Å². The van der Waals surface area contributed by atoms with E-state index in [9.17, 15) is 14.4 Å². The smallest absolute Gasteiger partial charge is 0.222 e. The van der Waals surface area contributed by atoms with Crippen molar-refractivity contribution in [2.24, 2.45) is 5.73 Å². The maximum absolute atomic E-state index is 12.3. The van der Waals surface area contributed by atoms with Gasteiger partial charge in [0.15, 0.2) is 0 Å². The van der Waals surface area contributed by atoms with Crippen LogP contribution in [-0.2, 0) is 85.4 Å². The molecule has 0 bridgehead atoms. The number of rotatable bonds is 51. The number of hydrogen-bond acceptors (Lipinski definition) is 19. The first kappa shape index (κ1) is 59.8. The number of ether oxygens (including phenoxy) is 15. The quantitative estimate of drug-likeness (QED) is 0.0499. The maximum atomic E-state index is 12.3. The van der Waals surface area contributed by atoms with Crippen molar-refractivity contribution in [3.8, 4) is 0 Å². The lowest BCUT2D eigenvalue weighted by atomic mass is 10.1. The lowest BCUT2D eigenvalue weighted by molar-refractivity contribution is -0.123. The molecule has 22 heteroatoms. The van der Waals surface area contributed by atoms with Crippen molar-refractivity contribution in [2.45, 2.75) is 24.8 Å². The largest absolute Gasteiger partial charge is 0.382 e. The molecule has 0 heterocycles. The Labute approximate surface area is 368 Å². The molecule has 5 N–H and O–H groups in total. The summed E-state index contributed by atoms with van der Waals surface area (Å²) < 4.78 is 80.6. The van der Waals surface area contributed by atoms with E-state index >= 15 is 0 Å². The van der Waals surface area contributed by atoms with E-state index in [-0.39, 0.29) is 76.6 Å². The van der Waals surface area contributed by atoms with E-state index in [0.717, 1.165) is 0 Å². The standard InChI is InChI=1S/C40H80N4O18/c1-48-16-19-54-28-31-57-25-22-51-13-7-42-37(45)4-10-60-34-40(41,35-61-11-5-38(46)43-8-14-52-23-26-58-32-29-55-20-17-49-2)36-62-12-6-39(47)44-9-15-53-24-27-59-33-30-56-21-18-50-3/h4-36,41H2,1-3H3,(H,42,45)(H,43,46)(H,44,47). The molecule has 22 nitrogen and oxygen atoms in total. The minimum Gasteiger partial charge on any atom is -0.382 e. The molecular weight excluding hydrogens is 824 g/mol. The van der Waals surface area contributed by atoms with Gasteiger partial charge in [0, 0.05) is 60.2 Å². The lowest BCUT2D eigenvalue weighted by Gasteiger charge is -2.29. The van der Waals surface area contributed by atoms with Crippen molar-refractivity contribution in [3.63, 3.8) is 0 Å². The summed E-state index contributed by atoms with van der Waals surface area (Å²) in [6.45, 7) is 10.8. The van der Waals surface area contributed by atoms with Crippen LogP contribution in [0.2, 0.25) is 0 Å². The van der Waals surface area contributed by atoms with Gasteiger partial charge in [-0.25, -0.2) is 0 Å². The summed E-state index contributed by atoms with van der Waals surface area (Å²) >= 11 is 0. The van der Waals surface area contributed by atoms with Gasteiger partial charge in [-0.1, -0.05) is 0 Å². The number of nitrogens with one attached hydrogen (secondary N) is 3. The van der Waals surface area contributed by atoms with Crippen molar-refractivity contribution < 1.29 is 85.4 Å². The lowest BCUT2D eigenvalue weighted by Crippen LogP contribution is -2.53. The van der Waals surface area contributed by atoms with Crippen LogP contribution >= 0.6 is 0 Å². The normalized spacial score (nSPS) is 11.6. The zero-order chi connectivity index (χ0) is 45.3. The maximum Gasteiger partial charge on any atom is 0.222 e. The number of methoxy groups -OCH3 is 3. The second-order valence-electron chi connectivity index (χ2n) is 13.3. The molecular formula is C40H80N4O18. The second kappa shape index (κ2) is 48.2. The minimum absolute atomic E-state index is 0.00297. The van der Waals surface area contributed by atoms with Crippen LogP contribution in [0.15, 0.2) is 0 Å². The van der Waals surface area contributed by atoms with Crippen molar-refractivity contribution in [1.29, 1.82) is 0 Å². The fourth-order valence-corrected chi connectivity index (χ4v) is 4.55. The van der Waals surface area contributed by atoms with Gasteiger partial charge in [0.25, 0.3) is 0 Å². The Morgan fingerprint density at radius 1 is 0.323 bits per heavy atom. The highest BCUT2D eigenvalue weighted by Crippen LogP contribution is 2.06. The molecule has 0 aromatic carbocycles. The molecule has 0 unspecified atom stereocenters. The molecule has 3 amide bonds. The van der Waals surface area contributed by atoms with Crippen molar-refractivity contribution >= 4 is 17.7 Å². The topological polar surface area (TPSA) is 252 Å². The van der Waals surface area contributed by atoms with Crippen LogP contribution in [0.4, 0.5) is 0 Å². The van der Waals surface area contributed by atoms with E-state index in [1.54, 1.807) is 21.3 Å². The van der Waals surface area contributed by atoms with E-state index in [0.29, 0.717) is 158 Å². The highest BCUT2D eigenvalue weighted by atomic mass is 16.6. The molecule has 0 aliphatic heterocycles. The fourth-order valence-electron chi connectivity index (χ4n) is 4.55. The van der Waals surface area contributed by atoms with Crippen LogP contribution in [-0.4, -0.2) is 243 Å². The first-order valence-electron chi connectivity index (χ1n) is 21.4. The first-order chi connectivity index (χ1) is 30.4. The molecule has 0 aliphatic carbocycles. The van der Waals surface area contributed by atoms with Crippen LogP contribution in [0.5, 0.6) is 0 Å². The number of hydrogen-bond donors (Lipinski definition) is 4. The zero-order valence-corrected chi connectivity index (χ0v) is 37.8. The van der Waals surface area contributed by atoms with E-state index in [4.69, 9.17) is 76.8 Å². The molecule has 0 atom stereocenters. The Morgan fingerprint density at radius 2 is 0.532 bits per heavy atom. The van der Waals surface area contributed by atoms with Crippen LogP contribution in [0.1, 0.15) is 19.3 Å². The van der Waals surface area contributed by atoms with Crippen LogP contribution in [0, 0.1) is 0 Å². The Morgan fingerprint density at radius 3 is 0.758 bits per heavy atom. The molecule has 0 aliphatic rings. The van der Waals surface area contributed by atoms with Crippen LogP contribution in [0.3, 0.4) is 0 Å². The van der Waals surface area contributed by atoms with Crippen molar-refractivity contribution in [1.82, 2.24) is 16.0 Å². The second-order valence-corrected chi connectivity index (χ2v) is 13.3. The third-order valence-electron chi connectivity index (χ3n) is 7.82. The molecule has 0 aromatic heterocycles. The third-order valence-corrected chi connectivity index (χ3v) is 7.82. The van der Waals surface area contributed by atoms with E-state index in [1.807, 2.05) is 0 Å². The average Bonchev–Trinajstić information content (AvgIpc) is 3.26. The summed E-state index contributed by atoms with van der Waals surface area (Å²) in [6, 6.07) is 0. The highest BCUT2D eigenvalue weighted by Gasteiger charge is 2.27. The summed E-state index contributed by atoms with van der Waals surface area (Å²) in [5, 5.41) is 8.34. The minimum atomic E-state index is -1.12. The molecule has 0 aromatic rings. The predicted molar refractivity (Wildman–Crippen MR) is 225 cm³/mol. The molecule has 0 rings (SSSR count). The summed E-state index contributed by atoms with van der Waals surface area (Å²) in [4.78, 5) is 36.9. The average molecular weight is 905 g/mol. The number of carbonyl (C=O) groups excluding carboxylic acids is 3. The number of carbonyl (C=O) groups is 3. The molecule has 0 saturated carbocycles. The Kier molecular flexibility index (Phi) is 46.5. The Hall–Kier alpha value is -2.23. The van der Waals surface area contributed by atoms with Gasteiger partial charge < -0.3 is 92.7 Å². The molecule has 368 valence electrons. The summed E-state index contributed by atoms with van der Waals surface area (Å²) in [5.74, 6) is -0.620. The van der Waals surface area contributed by atoms with Gasteiger partial charge in [-0.05, 0) is 0 Å². The molecule has 0 spiro atoms. The summed E-state index contributed by atoms with van der Waals surface area (Å²) in [6.07, 6.45) is 0.311. The Balaban J connectivity index is 4.38. The molecule has 0 fully saturated rings. The van der Waals surface area contributed by atoms with Gasteiger partial charge in [0.1, 0.15) is 0 Å². The van der Waals surface area contributed by atoms with E-state index in [2.05, 4.69) is 16.0 Å². The summed E-state index contributed by atoms with van der Waals surface area (Å²) in [5.41, 5.74) is 5.49. The molecule has 0 saturated heterocycles. The monoisotopic (exact) mass is 905 g/mol. The number of nitrogens with two attached hydrogens (primary N) is 1. The SMILES string of the molecule is COCCOCCOCCOCCNC(=O)CCOCC(N)(COCCC(=O)NCCOCCOCCOCCOC)COCCC(=O)NCCOCCOCCOCCOC. The van der Waals surface area contributed by atoms with E-state index in [1.165, 1.54) is 0 Å². The van der Waals surface area contributed by atoms with Gasteiger partial charge in [-0.15, -0.1) is 0 Å². The van der Waals surface area contributed by atoms with Crippen LogP contribution in [0.25, 0.3) is 0 Å². The third kappa shape index (κ3) is 45.8. The van der Waals surface area contributed by atoms with Gasteiger partial charge >= 0.3 is 0 Å². The first-order valence-corrected chi connectivity index (χ1v) is 21.4. The van der Waals surface area contributed by atoms with Crippen molar-refractivity contribution in [3.05, 3.63) is 0 Å². The fraction of sp³-hybridized carbons (Fsp3) is 0.925. The van der Waals surface area contributed by atoms with Crippen LogP contribution < -0.4 is 21.7 Å². The van der Waals surface area contributed by atoms with E-state index < -0.39 is 5.54 Å². The molecule has 62 heavy (non-hydrogen) atoms. The summed E-state index contributed by atoms with van der Waals surface area (Å²) in [7, 11) is 4.85. The van der Waals surface area contributed by atoms with Gasteiger partial charge in [-0.2, -0.15) is 0 Å². The number of amides is 3. The zero-order valence-electron chi connectivity index (χ0n) is 37.8. The van der Waals surface area contributed by atoms with Gasteiger partial charge in [-0.3, -0.25) is 14.4 Å².